The average molecular weight is 576 g/mol. The summed E-state index contributed by atoms with van der Waals surface area (Å²) in [6.45, 7) is 9.27. The molecule has 0 saturated carbocycles. The van der Waals surface area contributed by atoms with E-state index >= 15 is 0 Å². The van der Waals surface area contributed by atoms with E-state index in [1.54, 1.807) is 24.1 Å². The van der Waals surface area contributed by atoms with Crippen LogP contribution >= 0.6 is 11.6 Å². The summed E-state index contributed by atoms with van der Waals surface area (Å²) in [6.07, 6.45) is 0.906. The number of methoxy groups -OCH3 is 1. The van der Waals surface area contributed by atoms with Crippen LogP contribution in [0.25, 0.3) is 11.0 Å². The summed E-state index contributed by atoms with van der Waals surface area (Å²) in [5, 5.41) is 0.796. The van der Waals surface area contributed by atoms with Gasteiger partial charge in [-0.25, -0.2) is 0 Å². The Hall–Kier alpha value is -3.97. The molecule has 214 valence electrons. The summed E-state index contributed by atoms with van der Waals surface area (Å²) < 4.78 is 23.4. The third-order valence-electron chi connectivity index (χ3n) is 7.30. The fourth-order valence-corrected chi connectivity index (χ4v) is 5.23. The van der Waals surface area contributed by atoms with Crippen LogP contribution in [0.5, 0.6) is 17.2 Å². The van der Waals surface area contributed by atoms with Gasteiger partial charge in [-0.15, -0.1) is 0 Å². The lowest BCUT2D eigenvalue weighted by atomic mass is 9.97. The Morgan fingerprint density at radius 3 is 2.44 bits per heavy atom. The summed E-state index contributed by atoms with van der Waals surface area (Å²) in [5.41, 5.74) is 2.69. The molecule has 1 aromatic heterocycles. The van der Waals surface area contributed by atoms with Crippen LogP contribution in [-0.4, -0.2) is 31.1 Å². The molecule has 1 aliphatic heterocycles. The predicted octanol–water partition coefficient (Wildman–Crippen LogP) is 7.33. The van der Waals surface area contributed by atoms with Crippen molar-refractivity contribution in [1.29, 1.82) is 0 Å². The molecular weight excluding hydrogens is 542 g/mol. The summed E-state index contributed by atoms with van der Waals surface area (Å²) in [7, 11) is 1.60. The third-order valence-corrected chi connectivity index (χ3v) is 7.70. The number of benzene rings is 3. The molecule has 1 atom stereocenters. The molecule has 0 radical (unpaired) electrons. The standard InChI is InChI=1S/C33H34ClNO6/c1-6-39-28-16-22(9-12-26(28)40-14-13-19(2)3)30-29-31(36)24-17-25(34)20(4)15-27(24)41-32(29)33(37)35(30)18-21-7-10-23(38-5)11-8-21/h7-12,15-17,19,30H,6,13-14,18H2,1-5H3. The fraction of sp³-hybridized carbons (Fsp3) is 0.333. The summed E-state index contributed by atoms with van der Waals surface area (Å²) in [5.74, 6) is 2.08. The van der Waals surface area contributed by atoms with Gasteiger partial charge in [-0.1, -0.05) is 43.6 Å². The average Bonchev–Trinajstić information content (AvgIpc) is 3.22. The number of aryl methyl sites for hydroxylation is 1. The molecule has 2 heterocycles. The van der Waals surface area contributed by atoms with Crippen LogP contribution < -0.4 is 19.6 Å². The molecule has 1 aliphatic rings. The van der Waals surface area contributed by atoms with Gasteiger partial charge in [-0.2, -0.15) is 0 Å². The van der Waals surface area contributed by atoms with Crippen molar-refractivity contribution < 1.29 is 23.4 Å². The van der Waals surface area contributed by atoms with Crippen molar-refractivity contribution in [3.8, 4) is 17.2 Å². The monoisotopic (exact) mass is 575 g/mol. The highest BCUT2D eigenvalue weighted by Crippen LogP contribution is 2.42. The zero-order valence-corrected chi connectivity index (χ0v) is 24.7. The van der Waals surface area contributed by atoms with Crippen LogP contribution in [0.4, 0.5) is 0 Å². The number of amides is 1. The molecule has 8 heteroatoms. The van der Waals surface area contributed by atoms with E-state index in [-0.39, 0.29) is 29.2 Å². The van der Waals surface area contributed by atoms with E-state index in [2.05, 4.69) is 13.8 Å². The van der Waals surface area contributed by atoms with Gasteiger partial charge in [0.15, 0.2) is 16.9 Å². The van der Waals surface area contributed by atoms with Gasteiger partial charge in [0.1, 0.15) is 11.3 Å². The maximum atomic E-state index is 14.0. The van der Waals surface area contributed by atoms with Gasteiger partial charge in [0.05, 0.1) is 37.3 Å². The SMILES string of the molecule is CCOc1cc(C2c3c(oc4cc(C)c(Cl)cc4c3=O)C(=O)N2Cc2ccc(OC)cc2)ccc1OCCC(C)C. The van der Waals surface area contributed by atoms with E-state index in [4.69, 9.17) is 30.2 Å². The van der Waals surface area contributed by atoms with Crippen molar-refractivity contribution in [2.45, 2.75) is 46.7 Å². The first-order valence-electron chi connectivity index (χ1n) is 13.8. The highest BCUT2D eigenvalue weighted by Gasteiger charge is 2.43. The largest absolute Gasteiger partial charge is 0.497 e. The molecule has 1 unspecified atom stereocenters. The number of fused-ring (bicyclic) bond motifs is 2. The van der Waals surface area contributed by atoms with Crippen molar-refractivity contribution in [2.24, 2.45) is 5.92 Å². The Morgan fingerprint density at radius 2 is 1.76 bits per heavy atom. The minimum atomic E-state index is -0.704. The zero-order chi connectivity index (χ0) is 29.3. The van der Waals surface area contributed by atoms with Gasteiger partial charge in [0.2, 0.25) is 5.76 Å². The van der Waals surface area contributed by atoms with Crippen molar-refractivity contribution in [2.75, 3.05) is 20.3 Å². The second kappa shape index (κ2) is 11.9. The summed E-state index contributed by atoms with van der Waals surface area (Å²) in [6, 6.07) is 15.7. The van der Waals surface area contributed by atoms with Crippen molar-refractivity contribution in [3.05, 3.63) is 97.9 Å². The third kappa shape index (κ3) is 5.64. The number of carbonyl (C=O) groups is 1. The highest BCUT2D eigenvalue weighted by atomic mass is 35.5. The maximum Gasteiger partial charge on any atom is 0.291 e. The summed E-state index contributed by atoms with van der Waals surface area (Å²) >= 11 is 6.39. The Labute approximate surface area is 244 Å². The minimum Gasteiger partial charge on any atom is -0.497 e. The first-order valence-corrected chi connectivity index (χ1v) is 14.2. The smallest absolute Gasteiger partial charge is 0.291 e. The first kappa shape index (κ1) is 28.6. The van der Waals surface area contributed by atoms with Crippen molar-refractivity contribution >= 4 is 28.5 Å². The molecule has 4 aromatic rings. The molecule has 41 heavy (non-hydrogen) atoms. The maximum absolute atomic E-state index is 14.0. The fourth-order valence-electron chi connectivity index (χ4n) is 5.06. The quantitative estimate of drug-likeness (QED) is 0.197. The number of halogens is 1. The second-order valence-electron chi connectivity index (χ2n) is 10.6. The van der Waals surface area contributed by atoms with Crippen molar-refractivity contribution in [3.63, 3.8) is 0 Å². The van der Waals surface area contributed by atoms with E-state index in [1.165, 1.54) is 0 Å². The number of nitrogens with zero attached hydrogens (tertiary/aromatic N) is 1. The van der Waals surface area contributed by atoms with Crippen LogP contribution in [0, 0.1) is 12.8 Å². The molecule has 0 aliphatic carbocycles. The van der Waals surface area contributed by atoms with Gasteiger partial charge in [-0.3, -0.25) is 9.59 Å². The topological polar surface area (TPSA) is 78.2 Å². The lowest BCUT2D eigenvalue weighted by Crippen LogP contribution is -2.29. The Bertz CT molecular complexity index is 1640. The van der Waals surface area contributed by atoms with E-state index < -0.39 is 6.04 Å². The Kier molecular flexibility index (Phi) is 8.27. The number of hydrogen-bond donors (Lipinski definition) is 0. The van der Waals surface area contributed by atoms with Crippen LogP contribution in [-0.2, 0) is 6.54 Å². The molecule has 0 N–H and O–H groups in total. The van der Waals surface area contributed by atoms with E-state index in [0.717, 1.165) is 23.1 Å². The minimum absolute atomic E-state index is 0.0398. The second-order valence-corrected chi connectivity index (χ2v) is 11.0. The van der Waals surface area contributed by atoms with Crippen molar-refractivity contribution in [1.82, 2.24) is 4.90 Å². The van der Waals surface area contributed by atoms with Crippen LogP contribution in [0.1, 0.15) is 66.0 Å². The van der Waals surface area contributed by atoms with Gasteiger partial charge < -0.3 is 23.5 Å². The van der Waals surface area contributed by atoms with Gasteiger partial charge in [-0.05, 0) is 79.3 Å². The molecule has 0 saturated heterocycles. The van der Waals surface area contributed by atoms with Crippen LogP contribution in [0.2, 0.25) is 5.02 Å². The van der Waals surface area contributed by atoms with E-state index in [1.807, 2.05) is 56.3 Å². The van der Waals surface area contributed by atoms with Crippen LogP contribution in [0.15, 0.2) is 63.8 Å². The summed E-state index contributed by atoms with van der Waals surface area (Å²) in [4.78, 5) is 29.6. The lowest BCUT2D eigenvalue weighted by molar-refractivity contribution is 0.0714. The van der Waals surface area contributed by atoms with E-state index in [0.29, 0.717) is 52.4 Å². The molecule has 0 spiro atoms. The Balaban J connectivity index is 1.64. The van der Waals surface area contributed by atoms with Crippen LogP contribution in [0.3, 0.4) is 0 Å². The molecule has 1 amide bonds. The molecule has 7 nitrogen and oxygen atoms in total. The van der Waals surface area contributed by atoms with Gasteiger partial charge in [0, 0.05) is 11.6 Å². The molecule has 0 fully saturated rings. The predicted molar refractivity (Wildman–Crippen MR) is 160 cm³/mol. The van der Waals surface area contributed by atoms with Gasteiger partial charge in [0.25, 0.3) is 5.91 Å². The zero-order valence-electron chi connectivity index (χ0n) is 24.0. The highest BCUT2D eigenvalue weighted by molar-refractivity contribution is 6.32. The number of hydrogen-bond acceptors (Lipinski definition) is 6. The molecule has 3 aromatic carbocycles. The first-order chi connectivity index (χ1) is 19.7. The number of carbonyl (C=O) groups excluding carboxylic acids is 1. The molecular formula is C33H34ClNO6. The number of rotatable bonds is 10. The molecule has 0 bridgehead atoms. The normalized spacial score (nSPS) is 14.6. The van der Waals surface area contributed by atoms with Gasteiger partial charge >= 0.3 is 0 Å². The van der Waals surface area contributed by atoms with E-state index in [9.17, 15) is 9.59 Å². The Morgan fingerprint density at radius 1 is 1.00 bits per heavy atom. The molecule has 5 rings (SSSR count). The number of ether oxygens (including phenoxy) is 3. The lowest BCUT2D eigenvalue weighted by Gasteiger charge is -2.26.